The van der Waals surface area contributed by atoms with Crippen LogP contribution in [-0.2, 0) is 0 Å². The largest absolute Gasteiger partial charge is 0.393 e. The molecule has 0 amide bonds. The second-order valence-corrected chi connectivity index (χ2v) is 12.8. The first kappa shape index (κ1) is 25.5. The van der Waals surface area contributed by atoms with Crippen LogP contribution in [-0.4, -0.2) is 28.1 Å². The quantitative estimate of drug-likeness (QED) is 0.396. The molecular weight excluding hydrogens is 425 g/mol. The molecule has 0 heterocycles. The van der Waals surface area contributed by atoms with Crippen LogP contribution in [0.3, 0.4) is 0 Å². The van der Waals surface area contributed by atoms with Gasteiger partial charge in [-0.15, -0.1) is 0 Å². The summed E-state index contributed by atoms with van der Waals surface area (Å²) >= 11 is 0. The smallest absolute Gasteiger partial charge is 0.391 e. The van der Waals surface area contributed by atoms with Crippen LogP contribution in [0.5, 0.6) is 0 Å². The molecule has 3 fully saturated rings. The molecule has 2 nitrogen and oxygen atoms in total. The maximum Gasteiger partial charge on any atom is 0.391 e. The predicted molar refractivity (Wildman–Crippen MR) is 126 cm³/mol. The van der Waals surface area contributed by atoms with E-state index >= 15 is 0 Å². The summed E-state index contributed by atoms with van der Waals surface area (Å²) in [6.45, 7) is 9.23. The van der Waals surface area contributed by atoms with Gasteiger partial charge >= 0.3 is 6.18 Å². The third-order valence-electron chi connectivity index (χ3n) is 11.1. The maximum absolute atomic E-state index is 12.6. The van der Waals surface area contributed by atoms with Crippen LogP contribution in [0.25, 0.3) is 0 Å². The highest BCUT2D eigenvalue weighted by Crippen LogP contribution is 2.67. The zero-order chi connectivity index (χ0) is 24.2. The first-order valence-corrected chi connectivity index (χ1v) is 13.5. The number of aliphatic hydroxyl groups excluding tert-OH is 1. The molecule has 0 saturated heterocycles. The predicted octanol–water partition coefficient (Wildman–Crippen LogP) is 7.44. The summed E-state index contributed by atoms with van der Waals surface area (Å²) in [4.78, 5) is 0. The van der Waals surface area contributed by atoms with E-state index in [9.17, 15) is 23.4 Å². The van der Waals surface area contributed by atoms with E-state index < -0.39 is 24.3 Å². The summed E-state index contributed by atoms with van der Waals surface area (Å²) < 4.78 is 37.8. The first-order valence-electron chi connectivity index (χ1n) is 13.5. The fraction of sp³-hybridized carbons (Fsp3) is 0.929. The minimum Gasteiger partial charge on any atom is -0.393 e. The van der Waals surface area contributed by atoms with Gasteiger partial charge in [0.05, 0.1) is 18.1 Å². The van der Waals surface area contributed by atoms with Crippen molar-refractivity contribution in [2.45, 2.75) is 123 Å². The van der Waals surface area contributed by atoms with Gasteiger partial charge in [-0.05, 0) is 111 Å². The lowest BCUT2D eigenvalue weighted by molar-refractivity contribution is -0.154. The van der Waals surface area contributed by atoms with Crippen LogP contribution in [0.15, 0.2) is 11.6 Å². The number of alkyl halides is 3. The van der Waals surface area contributed by atoms with E-state index in [1.165, 1.54) is 31.3 Å². The molecule has 9 atom stereocenters. The number of hydrogen-bond acceptors (Lipinski definition) is 2. The average Bonchev–Trinajstić information content (AvgIpc) is 3.09. The van der Waals surface area contributed by atoms with Crippen molar-refractivity contribution in [3.8, 4) is 0 Å². The molecule has 4 rings (SSSR count). The van der Waals surface area contributed by atoms with Crippen molar-refractivity contribution >= 4 is 0 Å². The van der Waals surface area contributed by atoms with Gasteiger partial charge < -0.3 is 10.2 Å². The van der Waals surface area contributed by atoms with E-state index in [1.807, 2.05) is 0 Å². The molecule has 0 spiro atoms. The van der Waals surface area contributed by atoms with Crippen LogP contribution >= 0.6 is 0 Å². The Bertz CT molecular complexity index is 748. The van der Waals surface area contributed by atoms with E-state index in [0.29, 0.717) is 36.0 Å². The van der Waals surface area contributed by atoms with Crippen molar-refractivity contribution < 1.29 is 23.4 Å². The average molecular weight is 471 g/mol. The molecule has 33 heavy (non-hydrogen) atoms. The van der Waals surface area contributed by atoms with Crippen LogP contribution in [0.4, 0.5) is 13.2 Å². The Hall–Kier alpha value is -0.550. The molecule has 5 heteroatoms. The highest BCUT2D eigenvalue weighted by atomic mass is 19.4. The lowest BCUT2D eigenvalue weighted by Gasteiger charge is -2.59. The fourth-order valence-corrected chi connectivity index (χ4v) is 9.01. The number of hydrogen-bond donors (Lipinski definition) is 2. The minimum absolute atomic E-state index is 0.219. The second-order valence-electron chi connectivity index (χ2n) is 12.8. The van der Waals surface area contributed by atoms with Gasteiger partial charge in [0.15, 0.2) is 0 Å². The van der Waals surface area contributed by atoms with Crippen molar-refractivity contribution in [1.82, 2.24) is 0 Å². The summed E-state index contributed by atoms with van der Waals surface area (Å²) in [5, 5.41) is 20.8. The number of aliphatic hydroxyl groups is 2. The van der Waals surface area contributed by atoms with E-state index in [2.05, 4.69) is 33.8 Å². The van der Waals surface area contributed by atoms with Crippen LogP contribution in [0.1, 0.15) is 105 Å². The Morgan fingerprint density at radius 1 is 1.06 bits per heavy atom. The van der Waals surface area contributed by atoms with Gasteiger partial charge in [0.1, 0.15) is 0 Å². The maximum atomic E-state index is 12.6. The van der Waals surface area contributed by atoms with Gasteiger partial charge in [0.2, 0.25) is 0 Å². The van der Waals surface area contributed by atoms with E-state index in [1.54, 1.807) is 0 Å². The van der Waals surface area contributed by atoms with E-state index in [4.69, 9.17) is 0 Å². The van der Waals surface area contributed by atoms with Crippen LogP contribution in [0.2, 0.25) is 0 Å². The Kier molecular flexibility index (Phi) is 6.84. The Morgan fingerprint density at radius 2 is 1.79 bits per heavy atom. The van der Waals surface area contributed by atoms with Crippen molar-refractivity contribution in [3.05, 3.63) is 11.6 Å². The summed E-state index contributed by atoms with van der Waals surface area (Å²) in [7, 11) is 0. The van der Waals surface area contributed by atoms with Crippen molar-refractivity contribution in [2.75, 3.05) is 0 Å². The standard InChI is InChI=1S/C28H45F3O2/c1-5-27(33)15-14-25(3)19(16-27)7-9-21-23-11-10-22(26(23,4)13-12-24(21)25)18(2)6-8-20(32)17-28(29,30)31/h7,18,20-24,32-33H,5-6,8-17H2,1-4H3/t18-,20+,21+,22-,23+,24+,25?,26-,27+/m1/s1. The molecule has 190 valence electrons. The first-order chi connectivity index (χ1) is 15.3. The van der Waals surface area contributed by atoms with E-state index in [-0.39, 0.29) is 17.3 Å². The van der Waals surface area contributed by atoms with Crippen LogP contribution < -0.4 is 0 Å². The van der Waals surface area contributed by atoms with Crippen molar-refractivity contribution in [2.24, 2.45) is 40.4 Å². The van der Waals surface area contributed by atoms with Crippen molar-refractivity contribution in [1.29, 1.82) is 0 Å². The Balaban J connectivity index is 1.44. The number of halogens is 3. The van der Waals surface area contributed by atoms with Gasteiger partial charge in [-0.2, -0.15) is 13.2 Å². The Labute approximate surface area is 198 Å². The van der Waals surface area contributed by atoms with Crippen LogP contribution in [0, 0.1) is 40.4 Å². The summed E-state index contributed by atoms with van der Waals surface area (Å²) in [5.74, 6) is 2.96. The monoisotopic (exact) mass is 470 g/mol. The number of rotatable bonds is 6. The molecule has 1 unspecified atom stereocenters. The molecule has 0 aromatic carbocycles. The second kappa shape index (κ2) is 8.84. The summed E-state index contributed by atoms with van der Waals surface area (Å²) in [5.41, 5.74) is 1.46. The summed E-state index contributed by atoms with van der Waals surface area (Å²) in [6, 6.07) is 0. The molecule has 0 radical (unpaired) electrons. The lowest BCUT2D eigenvalue weighted by Crippen LogP contribution is -2.52. The molecule has 0 bridgehead atoms. The van der Waals surface area contributed by atoms with Gasteiger partial charge in [-0.3, -0.25) is 0 Å². The lowest BCUT2D eigenvalue weighted by atomic mass is 9.46. The molecule has 4 aliphatic rings. The zero-order valence-electron chi connectivity index (χ0n) is 21.1. The number of fused-ring (bicyclic) bond motifs is 5. The zero-order valence-corrected chi connectivity index (χ0v) is 21.1. The van der Waals surface area contributed by atoms with Crippen molar-refractivity contribution in [3.63, 3.8) is 0 Å². The molecule has 0 aromatic rings. The highest BCUT2D eigenvalue weighted by Gasteiger charge is 2.59. The molecule has 4 aliphatic carbocycles. The molecule has 0 aliphatic heterocycles. The summed E-state index contributed by atoms with van der Waals surface area (Å²) in [6.07, 6.45) is 6.38. The van der Waals surface area contributed by atoms with E-state index in [0.717, 1.165) is 32.1 Å². The topological polar surface area (TPSA) is 40.5 Å². The Morgan fingerprint density at radius 3 is 2.45 bits per heavy atom. The highest BCUT2D eigenvalue weighted by molar-refractivity contribution is 5.27. The van der Waals surface area contributed by atoms with Gasteiger partial charge in [0.25, 0.3) is 0 Å². The third-order valence-corrected chi connectivity index (χ3v) is 11.1. The molecule has 3 saturated carbocycles. The third kappa shape index (κ3) is 4.67. The minimum atomic E-state index is -4.29. The molecular formula is C28H45F3O2. The normalized spacial score (nSPS) is 44.9. The van der Waals surface area contributed by atoms with Gasteiger partial charge in [0, 0.05) is 0 Å². The van der Waals surface area contributed by atoms with Gasteiger partial charge in [-0.1, -0.05) is 39.3 Å². The SMILES string of the molecule is CC[C@]1(O)CCC2(C)C(=CC[C@@H]3[C@@H]2CC[C@]2(C)[C@@H]([C@H](C)CC[C@H](O)CC(F)(F)F)CC[C@@H]32)C1. The van der Waals surface area contributed by atoms with Gasteiger partial charge in [-0.25, -0.2) is 0 Å². The fourth-order valence-electron chi connectivity index (χ4n) is 9.01. The molecule has 2 N–H and O–H groups in total. The number of allylic oxidation sites excluding steroid dienone is 1. The molecule has 0 aromatic heterocycles.